The highest BCUT2D eigenvalue weighted by atomic mass is 16.6. The SMILES string of the molecule is C[C@H](CCOCCN)NC(=O)OC(C)(C)C. The molecule has 1 amide bonds. The van der Waals surface area contributed by atoms with Crippen LogP contribution in [0, 0.1) is 0 Å². The zero-order chi connectivity index (χ0) is 12.6. The average molecular weight is 232 g/mol. The van der Waals surface area contributed by atoms with E-state index in [4.69, 9.17) is 15.2 Å². The van der Waals surface area contributed by atoms with Gasteiger partial charge in [0.05, 0.1) is 6.61 Å². The van der Waals surface area contributed by atoms with E-state index in [1.807, 2.05) is 27.7 Å². The first-order valence-corrected chi connectivity index (χ1v) is 5.62. The normalized spacial score (nSPS) is 13.3. The summed E-state index contributed by atoms with van der Waals surface area (Å²) in [4.78, 5) is 11.4. The molecule has 0 radical (unpaired) electrons. The molecule has 5 heteroatoms. The molecular formula is C11H24N2O3. The summed E-state index contributed by atoms with van der Waals surface area (Å²) in [5.41, 5.74) is 4.82. The maximum absolute atomic E-state index is 11.4. The highest BCUT2D eigenvalue weighted by molar-refractivity contribution is 5.67. The van der Waals surface area contributed by atoms with Gasteiger partial charge < -0.3 is 20.5 Å². The number of hydrogen-bond acceptors (Lipinski definition) is 4. The Morgan fingerprint density at radius 3 is 2.50 bits per heavy atom. The van der Waals surface area contributed by atoms with Crippen molar-refractivity contribution in [3.05, 3.63) is 0 Å². The van der Waals surface area contributed by atoms with E-state index in [-0.39, 0.29) is 12.1 Å². The molecule has 5 nitrogen and oxygen atoms in total. The topological polar surface area (TPSA) is 73.6 Å². The standard InChI is InChI=1S/C11H24N2O3/c1-9(5-7-15-8-6-12)13-10(14)16-11(2,3)4/h9H,5-8,12H2,1-4H3,(H,13,14)/t9-/m1/s1. The van der Waals surface area contributed by atoms with Crippen LogP contribution in [-0.2, 0) is 9.47 Å². The van der Waals surface area contributed by atoms with Crippen LogP contribution in [0.1, 0.15) is 34.1 Å². The summed E-state index contributed by atoms with van der Waals surface area (Å²) < 4.78 is 10.3. The van der Waals surface area contributed by atoms with E-state index in [9.17, 15) is 4.79 Å². The van der Waals surface area contributed by atoms with Gasteiger partial charge in [0.25, 0.3) is 0 Å². The molecule has 0 unspecified atom stereocenters. The van der Waals surface area contributed by atoms with Gasteiger partial charge in [-0.3, -0.25) is 0 Å². The molecule has 3 N–H and O–H groups in total. The van der Waals surface area contributed by atoms with Crippen molar-refractivity contribution in [3.8, 4) is 0 Å². The Morgan fingerprint density at radius 2 is 2.00 bits per heavy atom. The Kier molecular flexibility index (Phi) is 7.08. The number of ether oxygens (including phenoxy) is 2. The van der Waals surface area contributed by atoms with Crippen LogP contribution in [0.5, 0.6) is 0 Å². The van der Waals surface area contributed by atoms with Crippen LogP contribution < -0.4 is 11.1 Å². The maximum Gasteiger partial charge on any atom is 0.407 e. The second-order valence-corrected chi connectivity index (χ2v) is 4.74. The first-order chi connectivity index (χ1) is 7.35. The van der Waals surface area contributed by atoms with Crippen molar-refractivity contribution in [2.45, 2.75) is 45.8 Å². The summed E-state index contributed by atoms with van der Waals surface area (Å²) in [6, 6.07) is 0.0348. The third-order valence-electron chi connectivity index (χ3n) is 1.72. The summed E-state index contributed by atoms with van der Waals surface area (Å²) in [6.07, 6.45) is 0.359. The zero-order valence-corrected chi connectivity index (χ0v) is 10.7. The quantitative estimate of drug-likeness (QED) is 0.676. The Bertz CT molecular complexity index is 202. The summed E-state index contributed by atoms with van der Waals surface area (Å²) >= 11 is 0. The Hall–Kier alpha value is -0.810. The largest absolute Gasteiger partial charge is 0.444 e. The van der Waals surface area contributed by atoms with E-state index in [1.54, 1.807) is 0 Å². The van der Waals surface area contributed by atoms with Crippen LogP contribution in [0.25, 0.3) is 0 Å². The lowest BCUT2D eigenvalue weighted by Crippen LogP contribution is -2.38. The number of rotatable bonds is 6. The van der Waals surface area contributed by atoms with Crippen molar-refractivity contribution in [3.63, 3.8) is 0 Å². The van der Waals surface area contributed by atoms with Gasteiger partial charge in [-0.15, -0.1) is 0 Å². The molecule has 0 aromatic heterocycles. The number of nitrogens with two attached hydrogens (primary N) is 1. The molecule has 16 heavy (non-hydrogen) atoms. The molecular weight excluding hydrogens is 208 g/mol. The molecule has 0 aliphatic heterocycles. The van der Waals surface area contributed by atoms with Crippen molar-refractivity contribution in [2.75, 3.05) is 19.8 Å². The third kappa shape index (κ3) is 9.73. The van der Waals surface area contributed by atoms with Crippen LogP contribution in [0.15, 0.2) is 0 Å². The summed E-state index contributed by atoms with van der Waals surface area (Å²) in [7, 11) is 0. The molecule has 0 bridgehead atoms. The number of nitrogens with one attached hydrogen (secondary N) is 1. The Morgan fingerprint density at radius 1 is 1.38 bits per heavy atom. The smallest absolute Gasteiger partial charge is 0.407 e. The van der Waals surface area contributed by atoms with Gasteiger partial charge in [-0.05, 0) is 34.1 Å². The van der Waals surface area contributed by atoms with Gasteiger partial charge in [-0.25, -0.2) is 4.79 Å². The van der Waals surface area contributed by atoms with Gasteiger partial charge in [0.2, 0.25) is 0 Å². The minimum Gasteiger partial charge on any atom is -0.444 e. The second-order valence-electron chi connectivity index (χ2n) is 4.74. The Labute approximate surface area is 97.7 Å². The molecule has 0 aliphatic rings. The number of amides is 1. The van der Waals surface area contributed by atoms with Gasteiger partial charge in [0.15, 0.2) is 0 Å². The van der Waals surface area contributed by atoms with Gasteiger partial charge in [0.1, 0.15) is 5.60 Å². The van der Waals surface area contributed by atoms with Crippen LogP contribution in [0.2, 0.25) is 0 Å². The lowest BCUT2D eigenvalue weighted by Gasteiger charge is -2.21. The molecule has 96 valence electrons. The maximum atomic E-state index is 11.4. The van der Waals surface area contributed by atoms with Crippen molar-refractivity contribution in [1.29, 1.82) is 0 Å². The molecule has 0 aromatic carbocycles. The van der Waals surface area contributed by atoms with Crippen LogP contribution >= 0.6 is 0 Å². The highest BCUT2D eigenvalue weighted by Gasteiger charge is 2.17. The molecule has 0 fully saturated rings. The van der Waals surface area contributed by atoms with Crippen LogP contribution in [0.4, 0.5) is 4.79 Å². The zero-order valence-electron chi connectivity index (χ0n) is 10.7. The lowest BCUT2D eigenvalue weighted by atomic mass is 10.2. The van der Waals surface area contributed by atoms with E-state index in [2.05, 4.69) is 5.32 Å². The van der Waals surface area contributed by atoms with Gasteiger partial charge in [0, 0.05) is 19.2 Å². The van der Waals surface area contributed by atoms with Crippen LogP contribution in [-0.4, -0.2) is 37.5 Å². The van der Waals surface area contributed by atoms with Gasteiger partial charge in [-0.1, -0.05) is 0 Å². The minimum absolute atomic E-state index is 0.0348. The second kappa shape index (κ2) is 7.46. The number of alkyl carbamates (subject to hydrolysis) is 1. The monoisotopic (exact) mass is 232 g/mol. The molecule has 0 aromatic rings. The van der Waals surface area contributed by atoms with E-state index in [0.717, 1.165) is 6.42 Å². The van der Waals surface area contributed by atoms with Crippen molar-refractivity contribution < 1.29 is 14.3 Å². The average Bonchev–Trinajstić information content (AvgIpc) is 2.09. The molecule has 0 heterocycles. The lowest BCUT2D eigenvalue weighted by molar-refractivity contribution is 0.0494. The molecule has 0 aliphatic carbocycles. The van der Waals surface area contributed by atoms with E-state index >= 15 is 0 Å². The van der Waals surface area contributed by atoms with E-state index < -0.39 is 5.60 Å². The fourth-order valence-corrected chi connectivity index (χ4v) is 1.03. The molecule has 1 atom stereocenters. The minimum atomic E-state index is -0.458. The summed E-state index contributed by atoms with van der Waals surface area (Å²) in [5.74, 6) is 0. The molecule has 0 saturated heterocycles. The van der Waals surface area contributed by atoms with Crippen LogP contribution in [0.3, 0.4) is 0 Å². The Balaban J connectivity index is 3.62. The fraction of sp³-hybridized carbons (Fsp3) is 0.909. The summed E-state index contributed by atoms with van der Waals surface area (Å²) in [6.45, 7) is 9.09. The van der Waals surface area contributed by atoms with E-state index in [0.29, 0.717) is 19.8 Å². The fourth-order valence-electron chi connectivity index (χ4n) is 1.03. The first-order valence-electron chi connectivity index (χ1n) is 5.62. The number of carbonyl (C=O) groups is 1. The number of carbonyl (C=O) groups excluding carboxylic acids is 1. The van der Waals surface area contributed by atoms with Crippen molar-refractivity contribution >= 4 is 6.09 Å². The highest BCUT2D eigenvalue weighted by Crippen LogP contribution is 2.07. The van der Waals surface area contributed by atoms with Gasteiger partial charge in [-0.2, -0.15) is 0 Å². The third-order valence-corrected chi connectivity index (χ3v) is 1.72. The molecule has 0 spiro atoms. The van der Waals surface area contributed by atoms with E-state index in [1.165, 1.54) is 0 Å². The van der Waals surface area contributed by atoms with Gasteiger partial charge >= 0.3 is 6.09 Å². The predicted molar refractivity (Wildman–Crippen MR) is 63.3 cm³/mol. The predicted octanol–water partition coefficient (Wildman–Crippen LogP) is 1.27. The van der Waals surface area contributed by atoms with Crippen molar-refractivity contribution in [1.82, 2.24) is 5.32 Å². The first kappa shape index (κ1) is 15.2. The number of hydrogen-bond donors (Lipinski definition) is 2. The van der Waals surface area contributed by atoms with Crippen molar-refractivity contribution in [2.24, 2.45) is 5.73 Å². The summed E-state index contributed by atoms with van der Waals surface area (Å²) in [5, 5.41) is 2.74. The molecule has 0 rings (SSSR count). The molecule has 0 saturated carbocycles.